The topological polar surface area (TPSA) is 69.1 Å². The Hall–Kier alpha value is 0.01000. The number of hydrogen-bond acceptors (Lipinski definition) is 2. The van der Waals surface area contributed by atoms with E-state index in [1.54, 1.807) is 0 Å². The minimum atomic E-state index is -0.725. The molecule has 0 aliphatic carbocycles. The fourth-order valence-electron chi connectivity index (χ4n) is 0.321. The average Bonchev–Trinajstić information content (AvgIpc) is 1.63. The highest BCUT2D eigenvalue weighted by Gasteiger charge is 2.13. The SMILES string of the molecule is NC(=O)CC(N)C(Cl)Cl. The Balaban J connectivity index is 3.50. The zero-order valence-corrected chi connectivity index (χ0v) is 6.19. The van der Waals surface area contributed by atoms with Crippen molar-refractivity contribution >= 4 is 29.1 Å². The number of hydrogen-bond donors (Lipinski definition) is 2. The second-order valence-corrected chi connectivity index (χ2v) is 2.83. The molecule has 5 heteroatoms. The first kappa shape index (κ1) is 9.01. The molecule has 0 aromatic heterocycles. The van der Waals surface area contributed by atoms with Crippen molar-refractivity contribution in [2.75, 3.05) is 0 Å². The Labute approximate surface area is 63.3 Å². The van der Waals surface area contributed by atoms with Crippen molar-refractivity contribution in [2.45, 2.75) is 17.3 Å². The molecule has 1 atom stereocenters. The first-order chi connectivity index (χ1) is 4.04. The third-order valence-corrected chi connectivity index (χ3v) is 1.41. The molecule has 0 fully saturated rings. The minimum Gasteiger partial charge on any atom is -0.370 e. The number of nitrogens with two attached hydrogens (primary N) is 2. The van der Waals surface area contributed by atoms with Crippen molar-refractivity contribution in [3.8, 4) is 0 Å². The molecular weight excluding hydrogens is 163 g/mol. The molecule has 3 nitrogen and oxygen atoms in total. The van der Waals surface area contributed by atoms with Gasteiger partial charge in [-0.2, -0.15) is 0 Å². The van der Waals surface area contributed by atoms with Gasteiger partial charge in [0.05, 0.1) is 0 Å². The molecule has 0 saturated carbocycles. The van der Waals surface area contributed by atoms with Gasteiger partial charge in [-0.05, 0) is 0 Å². The van der Waals surface area contributed by atoms with E-state index < -0.39 is 16.8 Å². The van der Waals surface area contributed by atoms with E-state index in [0.717, 1.165) is 0 Å². The smallest absolute Gasteiger partial charge is 0.219 e. The molecule has 1 unspecified atom stereocenters. The first-order valence-corrected chi connectivity index (χ1v) is 3.23. The molecule has 0 aromatic carbocycles. The molecule has 0 bridgehead atoms. The zero-order chi connectivity index (χ0) is 7.44. The standard InChI is InChI=1S/C4H8Cl2N2O/c5-4(6)2(7)1-3(8)9/h2,4H,1,7H2,(H2,8,9). The van der Waals surface area contributed by atoms with Gasteiger partial charge in [0.15, 0.2) is 0 Å². The lowest BCUT2D eigenvalue weighted by Gasteiger charge is -2.07. The van der Waals surface area contributed by atoms with E-state index in [-0.39, 0.29) is 6.42 Å². The number of amides is 1. The Morgan fingerprint density at radius 1 is 1.56 bits per heavy atom. The third kappa shape index (κ3) is 4.51. The van der Waals surface area contributed by atoms with Crippen molar-refractivity contribution in [1.82, 2.24) is 0 Å². The van der Waals surface area contributed by atoms with Crippen LogP contribution in [0.3, 0.4) is 0 Å². The van der Waals surface area contributed by atoms with E-state index >= 15 is 0 Å². The van der Waals surface area contributed by atoms with E-state index in [1.165, 1.54) is 0 Å². The van der Waals surface area contributed by atoms with Gasteiger partial charge in [-0.1, -0.05) is 0 Å². The lowest BCUT2D eigenvalue weighted by atomic mass is 10.2. The van der Waals surface area contributed by atoms with Gasteiger partial charge in [0.25, 0.3) is 0 Å². The summed E-state index contributed by atoms with van der Waals surface area (Å²) in [5, 5.41) is 0. The molecule has 1 amide bonds. The highest BCUT2D eigenvalue weighted by Crippen LogP contribution is 2.07. The fourth-order valence-corrected chi connectivity index (χ4v) is 0.500. The van der Waals surface area contributed by atoms with Gasteiger partial charge in [-0.25, -0.2) is 0 Å². The Kier molecular flexibility index (Phi) is 3.93. The molecule has 0 radical (unpaired) electrons. The largest absolute Gasteiger partial charge is 0.370 e. The molecule has 0 aliphatic heterocycles. The van der Waals surface area contributed by atoms with Crippen molar-refractivity contribution < 1.29 is 4.79 Å². The molecule has 0 aliphatic rings. The molecule has 0 aromatic rings. The number of carbonyl (C=O) groups excluding carboxylic acids is 1. The van der Waals surface area contributed by atoms with Crippen LogP contribution in [0.25, 0.3) is 0 Å². The maximum Gasteiger partial charge on any atom is 0.219 e. The summed E-state index contributed by atoms with van der Waals surface area (Å²) in [5.41, 5.74) is 10.0. The quantitative estimate of drug-likeness (QED) is 0.586. The number of carbonyl (C=O) groups is 1. The summed E-state index contributed by atoms with van der Waals surface area (Å²) in [6, 6.07) is -0.550. The Morgan fingerprint density at radius 2 is 2.00 bits per heavy atom. The fraction of sp³-hybridized carbons (Fsp3) is 0.750. The lowest BCUT2D eigenvalue weighted by molar-refractivity contribution is -0.118. The second kappa shape index (κ2) is 3.93. The van der Waals surface area contributed by atoms with Crippen LogP contribution >= 0.6 is 23.2 Å². The Morgan fingerprint density at radius 3 is 2.11 bits per heavy atom. The number of rotatable bonds is 3. The minimum absolute atomic E-state index is 0.0255. The maximum absolute atomic E-state index is 10.1. The molecule has 0 spiro atoms. The summed E-state index contributed by atoms with van der Waals surface area (Å²) in [6.07, 6.45) is 0.0255. The average molecular weight is 171 g/mol. The van der Waals surface area contributed by atoms with Gasteiger partial charge in [0, 0.05) is 12.5 Å². The van der Waals surface area contributed by atoms with E-state index in [1.807, 2.05) is 0 Å². The van der Waals surface area contributed by atoms with Crippen LogP contribution < -0.4 is 11.5 Å². The molecule has 0 saturated heterocycles. The third-order valence-electron chi connectivity index (χ3n) is 0.761. The zero-order valence-electron chi connectivity index (χ0n) is 4.68. The molecular formula is C4H8Cl2N2O. The van der Waals surface area contributed by atoms with Crippen LogP contribution in [0, 0.1) is 0 Å². The van der Waals surface area contributed by atoms with Gasteiger partial charge >= 0.3 is 0 Å². The number of halogens is 2. The van der Waals surface area contributed by atoms with Gasteiger partial charge in [-0.3, -0.25) is 4.79 Å². The van der Waals surface area contributed by atoms with Gasteiger partial charge in [0.1, 0.15) is 4.84 Å². The summed E-state index contributed by atoms with van der Waals surface area (Å²) in [6.45, 7) is 0. The molecule has 54 valence electrons. The van der Waals surface area contributed by atoms with E-state index in [0.29, 0.717) is 0 Å². The second-order valence-electron chi connectivity index (χ2n) is 1.67. The maximum atomic E-state index is 10.1. The highest BCUT2D eigenvalue weighted by molar-refractivity contribution is 6.44. The van der Waals surface area contributed by atoms with Gasteiger partial charge in [0.2, 0.25) is 5.91 Å². The van der Waals surface area contributed by atoms with Crippen LogP contribution in [-0.2, 0) is 4.79 Å². The van der Waals surface area contributed by atoms with E-state index in [2.05, 4.69) is 0 Å². The van der Waals surface area contributed by atoms with Crippen molar-refractivity contribution in [2.24, 2.45) is 11.5 Å². The van der Waals surface area contributed by atoms with Gasteiger partial charge in [-0.15, -0.1) is 23.2 Å². The van der Waals surface area contributed by atoms with Crippen LogP contribution in [0.15, 0.2) is 0 Å². The molecule has 9 heavy (non-hydrogen) atoms. The van der Waals surface area contributed by atoms with Crippen LogP contribution in [-0.4, -0.2) is 16.8 Å². The number of primary amides is 1. The highest BCUT2D eigenvalue weighted by atomic mass is 35.5. The summed E-state index contributed by atoms with van der Waals surface area (Å²) >= 11 is 10.6. The van der Waals surface area contributed by atoms with E-state index in [9.17, 15) is 4.79 Å². The molecule has 0 heterocycles. The van der Waals surface area contributed by atoms with Crippen LogP contribution in [0.5, 0.6) is 0 Å². The molecule has 0 rings (SSSR count). The lowest BCUT2D eigenvalue weighted by Crippen LogP contribution is -2.32. The van der Waals surface area contributed by atoms with Crippen LogP contribution in [0.4, 0.5) is 0 Å². The predicted molar refractivity (Wildman–Crippen MR) is 37.3 cm³/mol. The predicted octanol–water partition coefficient (Wildman–Crippen LogP) is -0.00720. The normalized spacial score (nSPS) is 13.8. The summed E-state index contributed by atoms with van der Waals surface area (Å²) in [4.78, 5) is 9.41. The van der Waals surface area contributed by atoms with Crippen molar-refractivity contribution in [1.29, 1.82) is 0 Å². The monoisotopic (exact) mass is 170 g/mol. The van der Waals surface area contributed by atoms with Crippen LogP contribution in [0.2, 0.25) is 0 Å². The van der Waals surface area contributed by atoms with Crippen LogP contribution in [0.1, 0.15) is 6.42 Å². The van der Waals surface area contributed by atoms with Gasteiger partial charge < -0.3 is 11.5 Å². The summed E-state index contributed by atoms with van der Waals surface area (Å²) in [5.74, 6) is -0.492. The van der Waals surface area contributed by atoms with E-state index in [4.69, 9.17) is 34.7 Å². The molecule has 4 N–H and O–H groups in total. The van der Waals surface area contributed by atoms with Crippen molar-refractivity contribution in [3.63, 3.8) is 0 Å². The summed E-state index contributed by atoms with van der Waals surface area (Å²) in [7, 11) is 0. The van der Waals surface area contributed by atoms with Crippen molar-refractivity contribution in [3.05, 3.63) is 0 Å². The Bertz CT molecular complexity index is 107. The number of alkyl halides is 2. The first-order valence-electron chi connectivity index (χ1n) is 2.36. The summed E-state index contributed by atoms with van der Waals surface area (Å²) < 4.78 is 0.